The fourth-order valence-electron chi connectivity index (χ4n) is 2.75. The summed E-state index contributed by atoms with van der Waals surface area (Å²) in [6, 6.07) is 19.1. The maximum Gasteiger partial charge on any atom is 0.266 e. The van der Waals surface area contributed by atoms with Crippen LogP contribution < -0.4 is 14.8 Å². The number of rotatable bonds is 7. The molecule has 0 bridgehead atoms. The van der Waals surface area contributed by atoms with E-state index in [4.69, 9.17) is 44.3 Å². The second-order valence-corrected chi connectivity index (χ2v) is 7.80. The molecule has 3 aromatic rings. The molecule has 0 atom stereocenters. The van der Waals surface area contributed by atoms with Gasteiger partial charge in [-0.1, -0.05) is 59.1 Å². The molecule has 32 heavy (non-hydrogen) atoms. The number of para-hydroxylation sites is 1. The van der Waals surface area contributed by atoms with Crippen molar-refractivity contribution in [3.05, 3.63) is 92.4 Å². The van der Waals surface area contributed by atoms with Crippen LogP contribution in [0, 0.1) is 11.3 Å². The first-order valence-corrected chi connectivity index (χ1v) is 10.5. The Labute approximate surface area is 200 Å². The van der Waals surface area contributed by atoms with Gasteiger partial charge in [-0.05, 0) is 53.6 Å². The number of nitrogens with one attached hydrogen (secondary N) is 1. The lowest BCUT2D eigenvalue weighted by Crippen LogP contribution is -2.14. The SMILES string of the molecule is COc1ccc(/C=C(\C#N)C(=O)Nc2c(Cl)cccc2Cl)cc1OCc1ccc(Cl)cc1. The molecule has 8 heteroatoms. The lowest BCUT2D eigenvalue weighted by Gasteiger charge is -2.12. The molecule has 0 aliphatic heterocycles. The lowest BCUT2D eigenvalue weighted by atomic mass is 10.1. The molecule has 0 aliphatic carbocycles. The van der Waals surface area contributed by atoms with E-state index in [1.165, 1.54) is 13.2 Å². The molecule has 1 N–H and O–H groups in total. The van der Waals surface area contributed by atoms with E-state index in [-0.39, 0.29) is 27.9 Å². The molecule has 0 unspecified atom stereocenters. The van der Waals surface area contributed by atoms with Crippen LogP contribution >= 0.6 is 34.8 Å². The topological polar surface area (TPSA) is 71.3 Å². The maximum absolute atomic E-state index is 12.6. The summed E-state index contributed by atoms with van der Waals surface area (Å²) in [6.45, 7) is 0.289. The quantitative estimate of drug-likeness (QED) is 0.294. The molecule has 162 valence electrons. The zero-order valence-corrected chi connectivity index (χ0v) is 19.1. The van der Waals surface area contributed by atoms with Crippen molar-refractivity contribution in [1.29, 1.82) is 5.26 Å². The fraction of sp³-hybridized carbons (Fsp3) is 0.0833. The first-order valence-electron chi connectivity index (χ1n) is 9.33. The number of hydrogen-bond donors (Lipinski definition) is 1. The molecule has 0 aromatic heterocycles. The summed E-state index contributed by atoms with van der Waals surface area (Å²) in [4.78, 5) is 12.6. The number of carbonyl (C=O) groups excluding carboxylic acids is 1. The summed E-state index contributed by atoms with van der Waals surface area (Å²) in [6.07, 6.45) is 1.44. The molecule has 0 saturated carbocycles. The van der Waals surface area contributed by atoms with Crippen molar-refractivity contribution in [1.82, 2.24) is 0 Å². The predicted molar refractivity (Wildman–Crippen MR) is 127 cm³/mol. The van der Waals surface area contributed by atoms with Crippen molar-refractivity contribution in [2.75, 3.05) is 12.4 Å². The Bertz CT molecular complexity index is 1180. The summed E-state index contributed by atoms with van der Waals surface area (Å²) in [7, 11) is 1.53. The number of methoxy groups -OCH3 is 1. The van der Waals surface area contributed by atoms with Gasteiger partial charge in [0.2, 0.25) is 0 Å². The van der Waals surface area contributed by atoms with Crippen LogP contribution in [0.4, 0.5) is 5.69 Å². The highest BCUT2D eigenvalue weighted by atomic mass is 35.5. The van der Waals surface area contributed by atoms with E-state index in [1.807, 2.05) is 18.2 Å². The molecular formula is C24H17Cl3N2O3. The highest BCUT2D eigenvalue weighted by Gasteiger charge is 2.14. The average molecular weight is 488 g/mol. The average Bonchev–Trinajstić information content (AvgIpc) is 2.79. The van der Waals surface area contributed by atoms with Gasteiger partial charge in [0.05, 0.1) is 22.8 Å². The summed E-state index contributed by atoms with van der Waals surface area (Å²) in [5.41, 5.74) is 1.61. The van der Waals surface area contributed by atoms with Crippen LogP contribution in [0.3, 0.4) is 0 Å². The van der Waals surface area contributed by atoms with Gasteiger partial charge in [0.1, 0.15) is 18.2 Å². The van der Waals surface area contributed by atoms with Gasteiger partial charge >= 0.3 is 0 Å². The Hall–Kier alpha value is -3.17. The van der Waals surface area contributed by atoms with E-state index in [9.17, 15) is 10.1 Å². The minimum Gasteiger partial charge on any atom is -0.493 e. The molecule has 3 rings (SSSR count). The number of benzene rings is 3. The van der Waals surface area contributed by atoms with Gasteiger partial charge in [-0.2, -0.15) is 5.26 Å². The van der Waals surface area contributed by atoms with Crippen LogP contribution in [-0.4, -0.2) is 13.0 Å². The van der Waals surface area contributed by atoms with Crippen molar-refractivity contribution in [3.8, 4) is 17.6 Å². The summed E-state index contributed by atoms with van der Waals surface area (Å²) < 4.78 is 11.2. The van der Waals surface area contributed by atoms with Gasteiger partial charge in [0.25, 0.3) is 5.91 Å². The van der Waals surface area contributed by atoms with Crippen LogP contribution in [0.5, 0.6) is 11.5 Å². The molecule has 3 aromatic carbocycles. The highest BCUT2D eigenvalue weighted by molar-refractivity contribution is 6.40. The number of nitrogens with zero attached hydrogens (tertiary/aromatic N) is 1. The van der Waals surface area contributed by atoms with Gasteiger partial charge in [-0.3, -0.25) is 4.79 Å². The van der Waals surface area contributed by atoms with Crippen LogP contribution in [-0.2, 0) is 11.4 Å². The number of amides is 1. The van der Waals surface area contributed by atoms with Crippen molar-refractivity contribution < 1.29 is 14.3 Å². The molecule has 0 fully saturated rings. The second-order valence-electron chi connectivity index (χ2n) is 6.55. The first kappa shape index (κ1) is 23.5. The highest BCUT2D eigenvalue weighted by Crippen LogP contribution is 2.31. The zero-order chi connectivity index (χ0) is 23.1. The van der Waals surface area contributed by atoms with Gasteiger partial charge in [-0.25, -0.2) is 0 Å². The Kier molecular flexibility index (Phi) is 8.02. The third-order valence-electron chi connectivity index (χ3n) is 4.37. The van der Waals surface area contributed by atoms with Crippen LogP contribution in [0.2, 0.25) is 15.1 Å². The zero-order valence-electron chi connectivity index (χ0n) is 16.9. The number of nitriles is 1. The monoisotopic (exact) mass is 486 g/mol. The third kappa shape index (κ3) is 5.95. The third-order valence-corrected chi connectivity index (χ3v) is 5.25. The molecule has 0 spiro atoms. The lowest BCUT2D eigenvalue weighted by molar-refractivity contribution is -0.112. The summed E-state index contributed by atoms with van der Waals surface area (Å²) in [5.74, 6) is 0.340. The number of anilines is 1. The number of hydrogen-bond acceptors (Lipinski definition) is 4. The first-order chi connectivity index (χ1) is 15.4. The number of halogens is 3. The predicted octanol–water partition coefficient (Wildman–Crippen LogP) is 6.78. The maximum atomic E-state index is 12.6. The summed E-state index contributed by atoms with van der Waals surface area (Å²) in [5, 5.41) is 13.3. The van der Waals surface area contributed by atoms with Crippen molar-refractivity contribution >= 4 is 52.5 Å². The fourth-order valence-corrected chi connectivity index (χ4v) is 3.37. The molecule has 5 nitrogen and oxygen atoms in total. The normalized spacial score (nSPS) is 10.9. The van der Waals surface area contributed by atoms with Crippen molar-refractivity contribution in [2.24, 2.45) is 0 Å². The molecule has 0 saturated heterocycles. The van der Waals surface area contributed by atoms with E-state index < -0.39 is 5.91 Å². The minimum atomic E-state index is -0.637. The van der Waals surface area contributed by atoms with Crippen molar-refractivity contribution in [3.63, 3.8) is 0 Å². The van der Waals surface area contributed by atoms with Gasteiger partial charge < -0.3 is 14.8 Å². The minimum absolute atomic E-state index is 0.130. The van der Waals surface area contributed by atoms with Gasteiger partial charge in [0.15, 0.2) is 11.5 Å². The Morgan fingerprint density at radius 1 is 1.03 bits per heavy atom. The Morgan fingerprint density at radius 3 is 2.34 bits per heavy atom. The van der Waals surface area contributed by atoms with Crippen LogP contribution in [0.25, 0.3) is 6.08 Å². The van der Waals surface area contributed by atoms with Crippen molar-refractivity contribution in [2.45, 2.75) is 6.61 Å². The van der Waals surface area contributed by atoms with Gasteiger partial charge in [-0.15, -0.1) is 0 Å². The standard InChI is InChI=1S/C24H17Cl3N2O3/c1-31-21-10-7-16(12-22(21)32-14-15-5-8-18(25)9-6-15)11-17(13-28)24(30)29-23-19(26)3-2-4-20(23)27/h2-12H,14H2,1H3,(H,29,30)/b17-11+. The molecule has 0 heterocycles. The molecular weight excluding hydrogens is 471 g/mol. The summed E-state index contributed by atoms with van der Waals surface area (Å²) >= 11 is 18.1. The molecule has 1 amide bonds. The molecule has 0 aliphatic rings. The molecule has 0 radical (unpaired) electrons. The van der Waals surface area contributed by atoms with Crippen LogP contribution in [0.1, 0.15) is 11.1 Å². The van der Waals surface area contributed by atoms with E-state index in [0.717, 1.165) is 5.56 Å². The van der Waals surface area contributed by atoms with E-state index in [0.29, 0.717) is 22.1 Å². The van der Waals surface area contributed by atoms with E-state index >= 15 is 0 Å². The van der Waals surface area contributed by atoms with Crippen LogP contribution in [0.15, 0.2) is 66.2 Å². The van der Waals surface area contributed by atoms with E-state index in [2.05, 4.69) is 5.32 Å². The van der Waals surface area contributed by atoms with Gasteiger partial charge in [0, 0.05) is 5.02 Å². The Balaban J connectivity index is 1.82. The largest absolute Gasteiger partial charge is 0.493 e. The number of carbonyl (C=O) groups is 1. The second kappa shape index (κ2) is 10.9. The smallest absolute Gasteiger partial charge is 0.266 e. The number of ether oxygens (including phenoxy) is 2. The Morgan fingerprint density at radius 2 is 1.72 bits per heavy atom. The van der Waals surface area contributed by atoms with E-state index in [1.54, 1.807) is 48.5 Å².